The summed E-state index contributed by atoms with van der Waals surface area (Å²) in [7, 11) is 0. The minimum absolute atomic E-state index is 0.0411. The Morgan fingerprint density at radius 3 is 2.53 bits per heavy atom. The summed E-state index contributed by atoms with van der Waals surface area (Å²) in [5, 5.41) is 0. The second-order valence-corrected chi connectivity index (χ2v) is 5.71. The first-order chi connectivity index (χ1) is 8.00. The van der Waals surface area contributed by atoms with Crippen LogP contribution in [0.1, 0.15) is 45.2 Å². The lowest BCUT2D eigenvalue weighted by molar-refractivity contribution is 0.297. The van der Waals surface area contributed by atoms with Crippen molar-refractivity contribution in [1.82, 2.24) is 0 Å². The standard InChI is InChI=1S/C14H22BrNO/c1-10(2)5-4-8-17-12-6-7-13(11(3)16)14(15)9-12/h6-7,9-11H,4-5,8,16H2,1-3H3/t11-/m0/s1. The van der Waals surface area contributed by atoms with Crippen molar-refractivity contribution in [3.8, 4) is 5.75 Å². The van der Waals surface area contributed by atoms with Crippen LogP contribution in [0.25, 0.3) is 0 Å². The molecule has 1 aromatic rings. The fourth-order valence-corrected chi connectivity index (χ4v) is 2.37. The number of hydrogen-bond acceptors (Lipinski definition) is 2. The maximum absolute atomic E-state index is 5.85. The first-order valence-corrected chi connectivity index (χ1v) is 6.98. The zero-order chi connectivity index (χ0) is 12.8. The number of rotatable bonds is 6. The maximum Gasteiger partial charge on any atom is 0.120 e. The van der Waals surface area contributed by atoms with Gasteiger partial charge in [-0.1, -0.05) is 35.8 Å². The molecule has 1 aromatic carbocycles. The van der Waals surface area contributed by atoms with Crippen LogP contribution < -0.4 is 10.5 Å². The van der Waals surface area contributed by atoms with Crippen molar-refractivity contribution in [2.24, 2.45) is 11.7 Å². The van der Waals surface area contributed by atoms with Gasteiger partial charge in [-0.2, -0.15) is 0 Å². The Labute approximate surface area is 113 Å². The van der Waals surface area contributed by atoms with Gasteiger partial charge in [-0.05, 0) is 43.4 Å². The van der Waals surface area contributed by atoms with Crippen molar-refractivity contribution in [2.75, 3.05) is 6.61 Å². The first-order valence-electron chi connectivity index (χ1n) is 6.18. The molecule has 1 atom stereocenters. The van der Waals surface area contributed by atoms with Crippen LogP contribution in [0.5, 0.6) is 5.75 Å². The normalized spacial score (nSPS) is 12.8. The Kier molecular flexibility index (Phi) is 6.00. The molecular formula is C14H22BrNO. The fourth-order valence-electron chi connectivity index (χ4n) is 1.65. The van der Waals surface area contributed by atoms with Gasteiger partial charge in [0.2, 0.25) is 0 Å². The summed E-state index contributed by atoms with van der Waals surface area (Å²) >= 11 is 3.52. The highest BCUT2D eigenvalue weighted by Gasteiger charge is 2.06. The van der Waals surface area contributed by atoms with Crippen LogP contribution in [-0.2, 0) is 0 Å². The summed E-state index contributed by atoms with van der Waals surface area (Å²) < 4.78 is 6.72. The van der Waals surface area contributed by atoms with E-state index in [0.29, 0.717) is 0 Å². The highest BCUT2D eigenvalue weighted by atomic mass is 79.9. The van der Waals surface area contributed by atoms with Crippen LogP contribution in [0.15, 0.2) is 22.7 Å². The molecule has 0 saturated heterocycles. The van der Waals surface area contributed by atoms with Crippen LogP contribution >= 0.6 is 15.9 Å². The highest BCUT2D eigenvalue weighted by Crippen LogP contribution is 2.26. The van der Waals surface area contributed by atoms with Gasteiger partial charge >= 0.3 is 0 Å². The fraction of sp³-hybridized carbons (Fsp3) is 0.571. The zero-order valence-corrected chi connectivity index (χ0v) is 12.5. The molecule has 3 heteroatoms. The van der Waals surface area contributed by atoms with Crippen LogP contribution in [0.2, 0.25) is 0 Å². The van der Waals surface area contributed by atoms with E-state index in [-0.39, 0.29) is 6.04 Å². The minimum atomic E-state index is 0.0411. The second-order valence-electron chi connectivity index (χ2n) is 4.86. The average molecular weight is 300 g/mol. The molecular weight excluding hydrogens is 278 g/mol. The summed E-state index contributed by atoms with van der Waals surface area (Å²) in [5.74, 6) is 1.65. The van der Waals surface area contributed by atoms with E-state index in [2.05, 4.69) is 29.8 Å². The van der Waals surface area contributed by atoms with Crippen molar-refractivity contribution < 1.29 is 4.74 Å². The number of benzene rings is 1. The third-order valence-corrected chi connectivity index (χ3v) is 3.34. The lowest BCUT2D eigenvalue weighted by atomic mass is 10.1. The third-order valence-electron chi connectivity index (χ3n) is 2.66. The van der Waals surface area contributed by atoms with Crippen LogP contribution in [0.4, 0.5) is 0 Å². The van der Waals surface area contributed by atoms with Gasteiger partial charge in [0.05, 0.1) is 6.61 Å². The predicted octanol–water partition coefficient (Wildman–Crippen LogP) is 4.28. The molecule has 2 nitrogen and oxygen atoms in total. The highest BCUT2D eigenvalue weighted by molar-refractivity contribution is 9.10. The summed E-state index contributed by atoms with van der Waals surface area (Å²) in [5.41, 5.74) is 6.96. The van der Waals surface area contributed by atoms with Gasteiger partial charge in [0.15, 0.2) is 0 Å². The van der Waals surface area contributed by atoms with Crippen molar-refractivity contribution in [3.05, 3.63) is 28.2 Å². The van der Waals surface area contributed by atoms with Crippen LogP contribution in [0.3, 0.4) is 0 Å². The van der Waals surface area contributed by atoms with E-state index in [1.54, 1.807) is 0 Å². The van der Waals surface area contributed by atoms with Gasteiger partial charge in [-0.15, -0.1) is 0 Å². The Bertz CT molecular complexity index is 350. The molecule has 0 fully saturated rings. The molecule has 1 rings (SSSR count). The molecule has 0 amide bonds. The van der Waals surface area contributed by atoms with Gasteiger partial charge in [0.25, 0.3) is 0 Å². The van der Waals surface area contributed by atoms with Crippen LogP contribution in [0, 0.1) is 5.92 Å². The molecule has 0 aromatic heterocycles. The average Bonchev–Trinajstić information content (AvgIpc) is 2.23. The van der Waals surface area contributed by atoms with Gasteiger partial charge in [-0.25, -0.2) is 0 Å². The maximum atomic E-state index is 5.85. The van der Waals surface area contributed by atoms with E-state index in [1.165, 1.54) is 6.42 Å². The molecule has 0 radical (unpaired) electrons. The number of halogens is 1. The topological polar surface area (TPSA) is 35.2 Å². The molecule has 0 saturated carbocycles. The molecule has 0 aliphatic heterocycles. The van der Waals surface area contributed by atoms with E-state index < -0.39 is 0 Å². The second kappa shape index (κ2) is 7.02. The molecule has 0 aliphatic rings. The Balaban J connectivity index is 2.47. The van der Waals surface area contributed by atoms with Crippen molar-refractivity contribution in [3.63, 3.8) is 0 Å². The Morgan fingerprint density at radius 2 is 2.00 bits per heavy atom. The number of ether oxygens (including phenoxy) is 1. The van der Waals surface area contributed by atoms with E-state index in [0.717, 1.165) is 34.7 Å². The molecule has 0 aliphatic carbocycles. The molecule has 96 valence electrons. The van der Waals surface area contributed by atoms with Gasteiger partial charge in [0, 0.05) is 10.5 Å². The van der Waals surface area contributed by atoms with Gasteiger partial charge < -0.3 is 10.5 Å². The Hall–Kier alpha value is -0.540. The summed E-state index contributed by atoms with van der Waals surface area (Å²) in [4.78, 5) is 0. The lowest BCUT2D eigenvalue weighted by Gasteiger charge is -2.12. The molecule has 0 bridgehead atoms. The summed E-state index contributed by atoms with van der Waals surface area (Å²) in [6.07, 6.45) is 2.31. The third kappa shape index (κ3) is 5.09. The Morgan fingerprint density at radius 1 is 1.29 bits per heavy atom. The van der Waals surface area contributed by atoms with Crippen molar-refractivity contribution >= 4 is 15.9 Å². The zero-order valence-electron chi connectivity index (χ0n) is 10.9. The minimum Gasteiger partial charge on any atom is -0.494 e. The number of hydrogen-bond donors (Lipinski definition) is 1. The largest absolute Gasteiger partial charge is 0.494 e. The monoisotopic (exact) mass is 299 g/mol. The van der Waals surface area contributed by atoms with Gasteiger partial charge in [0.1, 0.15) is 5.75 Å². The lowest BCUT2D eigenvalue weighted by Crippen LogP contribution is -2.06. The van der Waals surface area contributed by atoms with Crippen molar-refractivity contribution in [1.29, 1.82) is 0 Å². The molecule has 17 heavy (non-hydrogen) atoms. The quantitative estimate of drug-likeness (QED) is 0.796. The smallest absolute Gasteiger partial charge is 0.120 e. The van der Waals surface area contributed by atoms with Crippen molar-refractivity contribution in [2.45, 2.75) is 39.7 Å². The summed E-state index contributed by atoms with van der Waals surface area (Å²) in [6, 6.07) is 6.04. The first kappa shape index (κ1) is 14.5. The molecule has 0 spiro atoms. The van der Waals surface area contributed by atoms with E-state index in [9.17, 15) is 0 Å². The van der Waals surface area contributed by atoms with Crippen LogP contribution in [-0.4, -0.2) is 6.61 Å². The van der Waals surface area contributed by atoms with E-state index >= 15 is 0 Å². The van der Waals surface area contributed by atoms with E-state index in [4.69, 9.17) is 10.5 Å². The SMILES string of the molecule is CC(C)CCCOc1ccc([C@H](C)N)c(Br)c1. The molecule has 2 N–H and O–H groups in total. The molecule has 0 unspecified atom stereocenters. The predicted molar refractivity (Wildman–Crippen MR) is 76.3 cm³/mol. The number of nitrogens with two attached hydrogens (primary N) is 1. The van der Waals surface area contributed by atoms with E-state index in [1.807, 2.05) is 25.1 Å². The molecule has 0 heterocycles. The van der Waals surface area contributed by atoms with Gasteiger partial charge in [-0.3, -0.25) is 0 Å². The summed E-state index contributed by atoms with van der Waals surface area (Å²) in [6.45, 7) is 7.22.